The summed E-state index contributed by atoms with van der Waals surface area (Å²) < 4.78 is 5.10. The van der Waals surface area contributed by atoms with Crippen LogP contribution in [-0.4, -0.2) is 29.0 Å². The number of nitrogens with one attached hydrogen (secondary N) is 1. The van der Waals surface area contributed by atoms with Crippen molar-refractivity contribution in [1.82, 2.24) is 9.97 Å². The number of methoxy groups -OCH3 is 1. The summed E-state index contributed by atoms with van der Waals surface area (Å²) >= 11 is 5.94. The first-order valence-corrected chi connectivity index (χ1v) is 5.97. The predicted molar refractivity (Wildman–Crippen MR) is 75.2 cm³/mol. The average molecular weight is 295 g/mol. The number of aromatic nitrogens is 2. The number of anilines is 1. The second-order valence-corrected chi connectivity index (χ2v) is 4.19. The van der Waals surface area contributed by atoms with E-state index in [9.17, 15) is 10.1 Å². The van der Waals surface area contributed by atoms with Gasteiger partial charge in [-0.2, -0.15) is 0 Å². The van der Waals surface area contributed by atoms with E-state index >= 15 is 0 Å². The third kappa shape index (κ3) is 2.62. The molecule has 0 radical (unpaired) electrons. The Labute approximate surface area is 119 Å². The van der Waals surface area contributed by atoms with Crippen LogP contribution in [0.3, 0.4) is 0 Å². The molecular formula is C12H11ClN4O3. The number of nitrogens with zero attached hydrogens (tertiary/aromatic N) is 3. The Morgan fingerprint density at radius 1 is 1.45 bits per heavy atom. The number of hydrogen-bond acceptors (Lipinski definition) is 6. The molecule has 104 valence electrons. The molecule has 0 spiro atoms. The first-order chi connectivity index (χ1) is 9.56. The molecule has 2 rings (SSSR count). The van der Waals surface area contributed by atoms with Gasteiger partial charge in [-0.3, -0.25) is 10.1 Å². The van der Waals surface area contributed by atoms with Gasteiger partial charge in [0.1, 0.15) is 11.9 Å². The molecule has 0 saturated heterocycles. The Hall–Kier alpha value is -2.41. The molecule has 1 aromatic carbocycles. The number of halogens is 1. The normalized spacial score (nSPS) is 10.2. The van der Waals surface area contributed by atoms with Gasteiger partial charge < -0.3 is 10.1 Å². The Balaban J connectivity index is 2.63. The summed E-state index contributed by atoms with van der Waals surface area (Å²) in [6.45, 7) is 0. The van der Waals surface area contributed by atoms with Gasteiger partial charge in [-0.1, -0.05) is 17.7 Å². The van der Waals surface area contributed by atoms with Crippen LogP contribution in [0.15, 0.2) is 24.4 Å². The lowest BCUT2D eigenvalue weighted by Gasteiger charge is -2.07. The van der Waals surface area contributed by atoms with Crippen LogP contribution < -0.4 is 10.1 Å². The summed E-state index contributed by atoms with van der Waals surface area (Å²) in [4.78, 5) is 18.5. The maximum Gasteiger partial charge on any atom is 0.313 e. The minimum absolute atomic E-state index is 0.187. The zero-order chi connectivity index (χ0) is 14.7. The van der Waals surface area contributed by atoms with E-state index in [-0.39, 0.29) is 11.4 Å². The minimum atomic E-state index is -0.532. The van der Waals surface area contributed by atoms with Crippen LogP contribution in [0.2, 0.25) is 5.02 Å². The highest BCUT2D eigenvalue weighted by Gasteiger charge is 2.19. The maximum absolute atomic E-state index is 11.1. The van der Waals surface area contributed by atoms with E-state index < -0.39 is 4.92 Å². The van der Waals surface area contributed by atoms with Crippen LogP contribution >= 0.6 is 11.6 Å². The van der Waals surface area contributed by atoms with E-state index in [1.54, 1.807) is 25.2 Å². The monoisotopic (exact) mass is 294 g/mol. The van der Waals surface area contributed by atoms with Gasteiger partial charge in [0, 0.05) is 12.6 Å². The molecule has 0 aliphatic rings. The molecule has 0 aliphatic carbocycles. The molecule has 0 unspecified atom stereocenters. The molecule has 2 aromatic rings. The number of ether oxygens (including phenoxy) is 1. The lowest BCUT2D eigenvalue weighted by molar-refractivity contribution is -0.384. The largest absolute Gasteiger partial charge is 0.495 e. The minimum Gasteiger partial charge on any atom is -0.495 e. The van der Waals surface area contributed by atoms with Gasteiger partial charge in [0.25, 0.3) is 0 Å². The van der Waals surface area contributed by atoms with Crippen molar-refractivity contribution in [2.75, 3.05) is 19.5 Å². The number of rotatable bonds is 4. The Morgan fingerprint density at radius 2 is 2.20 bits per heavy atom. The highest BCUT2D eigenvalue weighted by Crippen LogP contribution is 2.33. The van der Waals surface area contributed by atoms with Crippen molar-refractivity contribution in [3.05, 3.63) is 39.5 Å². The molecule has 8 heteroatoms. The van der Waals surface area contributed by atoms with Gasteiger partial charge in [-0.05, 0) is 12.1 Å². The van der Waals surface area contributed by atoms with Gasteiger partial charge >= 0.3 is 5.69 Å². The fraction of sp³-hybridized carbons (Fsp3) is 0.167. The third-order valence-corrected chi connectivity index (χ3v) is 2.93. The summed E-state index contributed by atoms with van der Waals surface area (Å²) in [7, 11) is 3.10. The standard InChI is InChI=1S/C12H11ClN4O3/c1-14-12-15-6-9(17(18)19)11(16-12)7-3-4-8(13)10(5-7)20-2/h3-6H,1-2H3,(H,14,15,16). The highest BCUT2D eigenvalue weighted by atomic mass is 35.5. The van der Waals surface area contributed by atoms with Crippen molar-refractivity contribution in [3.63, 3.8) is 0 Å². The summed E-state index contributed by atoms with van der Waals surface area (Å²) in [6, 6.07) is 4.83. The van der Waals surface area contributed by atoms with Crippen LogP contribution in [0, 0.1) is 10.1 Å². The van der Waals surface area contributed by atoms with Gasteiger partial charge in [0.15, 0.2) is 5.69 Å². The number of nitro groups is 1. The quantitative estimate of drug-likeness (QED) is 0.689. The lowest BCUT2D eigenvalue weighted by atomic mass is 10.1. The summed E-state index contributed by atoms with van der Waals surface area (Å²) in [5, 5.41) is 14.2. The van der Waals surface area contributed by atoms with Crippen molar-refractivity contribution in [2.24, 2.45) is 0 Å². The molecule has 1 N–H and O–H groups in total. The van der Waals surface area contributed by atoms with E-state index in [0.29, 0.717) is 22.3 Å². The molecule has 20 heavy (non-hydrogen) atoms. The zero-order valence-corrected chi connectivity index (χ0v) is 11.5. The number of benzene rings is 1. The molecule has 0 aliphatic heterocycles. The van der Waals surface area contributed by atoms with Crippen molar-refractivity contribution in [2.45, 2.75) is 0 Å². The van der Waals surface area contributed by atoms with Crippen LogP contribution in [0.4, 0.5) is 11.6 Å². The highest BCUT2D eigenvalue weighted by molar-refractivity contribution is 6.32. The zero-order valence-electron chi connectivity index (χ0n) is 10.8. The molecule has 7 nitrogen and oxygen atoms in total. The lowest BCUT2D eigenvalue weighted by Crippen LogP contribution is -2.01. The van der Waals surface area contributed by atoms with Gasteiger partial charge in [0.2, 0.25) is 5.95 Å². The third-order valence-electron chi connectivity index (χ3n) is 2.61. The van der Waals surface area contributed by atoms with E-state index in [0.717, 1.165) is 6.20 Å². The molecule has 0 saturated carbocycles. The maximum atomic E-state index is 11.1. The Morgan fingerprint density at radius 3 is 2.80 bits per heavy atom. The molecular weight excluding hydrogens is 284 g/mol. The summed E-state index contributed by atoms with van der Waals surface area (Å²) in [6.07, 6.45) is 1.16. The van der Waals surface area contributed by atoms with E-state index in [2.05, 4.69) is 15.3 Å². The fourth-order valence-corrected chi connectivity index (χ4v) is 1.84. The van der Waals surface area contributed by atoms with E-state index in [1.807, 2.05) is 0 Å². The second kappa shape index (κ2) is 5.70. The van der Waals surface area contributed by atoms with Crippen LogP contribution in [0.1, 0.15) is 0 Å². The topological polar surface area (TPSA) is 90.2 Å². The van der Waals surface area contributed by atoms with Gasteiger partial charge in [0.05, 0.1) is 17.1 Å². The number of hydrogen-bond donors (Lipinski definition) is 1. The van der Waals surface area contributed by atoms with E-state index in [4.69, 9.17) is 16.3 Å². The molecule has 0 fully saturated rings. The molecule has 1 aromatic heterocycles. The summed E-state index contributed by atoms with van der Waals surface area (Å²) in [5.41, 5.74) is 0.537. The first kappa shape index (κ1) is 14.0. The van der Waals surface area contributed by atoms with Gasteiger partial charge in [-0.25, -0.2) is 9.97 Å². The van der Waals surface area contributed by atoms with Crippen molar-refractivity contribution >= 4 is 23.2 Å². The average Bonchev–Trinajstić information content (AvgIpc) is 2.47. The van der Waals surface area contributed by atoms with Crippen LogP contribution in [-0.2, 0) is 0 Å². The predicted octanol–water partition coefficient (Wildman–Crippen LogP) is 2.76. The molecule has 0 bridgehead atoms. The Kier molecular flexibility index (Phi) is 3.99. The summed E-state index contributed by atoms with van der Waals surface area (Å²) in [5.74, 6) is 0.711. The van der Waals surface area contributed by atoms with Crippen LogP contribution in [0.25, 0.3) is 11.3 Å². The van der Waals surface area contributed by atoms with Crippen molar-refractivity contribution < 1.29 is 9.66 Å². The molecule has 0 atom stereocenters. The Bertz CT molecular complexity index is 663. The first-order valence-electron chi connectivity index (χ1n) is 5.60. The molecule has 1 heterocycles. The fourth-order valence-electron chi connectivity index (χ4n) is 1.65. The second-order valence-electron chi connectivity index (χ2n) is 3.78. The van der Waals surface area contributed by atoms with Crippen LogP contribution in [0.5, 0.6) is 5.75 Å². The SMILES string of the molecule is CNc1ncc([N+](=O)[O-])c(-c2ccc(Cl)c(OC)c2)n1. The smallest absolute Gasteiger partial charge is 0.313 e. The van der Waals surface area contributed by atoms with E-state index in [1.165, 1.54) is 7.11 Å². The molecule has 0 amide bonds. The van der Waals surface area contributed by atoms with Crippen molar-refractivity contribution in [3.8, 4) is 17.0 Å². The van der Waals surface area contributed by atoms with Crippen molar-refractivity contribution in [1.29, 1.82) is 0 Å². The van der Waals surface area contributed by atoms with Gasteiger partial charge in [-0.15, -0.1) is 0 Å².